The van der Waals surface area contributed by atoms with Gasteiger partial charge in [0.25, 0.3) is 5.56 Å². The lowest BCUT2D eigenvalue weighted by Crippen LogP contribution is -2.43. The zero-order valence-electron chi connectivity index (χ0n) is 19.9. The number of hydrogen-bond donors (Lipinski definition) is 1. The van der Waals surface area contributed by atoms with E-state index >= 15 is 0 Å². The van der Waals surface area contributed by atoms with E-state index in [0.717, 1.165) is 24.9 Å². The van der Waals surface area contributed by atoms with Crippen molar-refractivity contribution in [3.05, 3.63) is 76.3 Å². The van der Waals surface area contributed by atoms with Crippen LogP contribution in [0.4, 0.5) is 10.2 Å². The Hall–Kier alpha value is -3.88. The fraction of sp³-hybridized carbons (Fsp3) is 0.346. The van der Waals surface area contributed by atoms with Crippen molar-refractivity contribution in [1.82, 2.24) is 15.1 Å². The predicted molar refractivity (Wildman–Crippen MR) is 131 cm³/mol. The van der Waals surface area contributed by atoms with Gasteiger partial charge >= 0.3 is 0 Å². The highest BCUT2D eigenvalue weighted by Crippen LogP contribution is 2.28. The minimum absolute atomic E-state index is 0.0330. The fourth-order valence-corrected chi connectivity index (χ4v) is 4.17. The van der Waals surface area contributed by atoms with E-state index in [1.807, 2.05) is 30.0 Å². The summed E-state index contributed by atoms with van der Waals surface area (Å²) in [5.74, 6) is 1.28. The average molecular weight is 481 g/mol. The van der Waals surface area contributed by atoms with Gasteiger partial charge in [-0.2, -0.15) is 4.68 Å². The van der Waals surface area contributed by atoms with E-state index in [1.54, 1.807) is 13.2 Å². The monoisotopic (exact) mass is 480 g/mol. The quantitative estimate of drug-likeness (QED) is 0.533. The summed E-state index contributed by atoms with van der Waals surface area (Å²) in [6.45, 7) is 4.06. The minimum atomic E-state index is -0.383. The van der Waals surface area contributed by atoms with E-state index in [-0.39, 0.29) is 23.2 Å². The number of hydrogen-bond acceptors (Lipinski definition) is 6. The van der Waals surface area contributed by atoms with E-state index in [4.69, 9.17) is 9.47 Å². The molecular weight excluding hydrogens is 451 g/mol. The third kappa shape index (κ3) is 5.79. The van der Waals surface area contributed by atoms with E-state index < -0.39 is 0 Å². The van der Waals surface area contributed by atoms with Crippen LogP contribution in [-0.2, 0) is 11.3 Å². The van der Waals surface area contributed by atoms with E-state index in [9.17, 15) is 14.0 Å². The Bertz CT molecular complexity index is 1230. The van der Waals surface area contributed by atoms with Crippen LogP contribution in [0.3, 0.4) is 0 Å². The molecule has 1 fully saturated rings. The summed E-state index contributed by atoms with van der Waals surface area (Å²) in [6, 6.07) is 14.3. The Morgan fingerprint density at radius 3 is 2.69 bits per heavy atom. The summed E-state index contributed by atoms with van der Waals surface area (Å²) in [5, 5.41) is 7.50. The van der Waals surface area contributed by atoms with Crippen LogP contribution < -0.4 is 25.2 Å². The number of piperidine rings is 1. The number of amides is 1. The normalized spacial score (nSPS) is 15.5. The third-order valence-corrected chi connectivity index (χ3v) is 5.97. The van der Waals surface area contributed by atoms with Gasteiger partial charge in [-0.05, 0) is 67.8 Å². The fourth-order valence-electron chi connectivity index (χ4n) is 4.17. The average Bonchev–Trinajstić information content (AvgIpc) is 2.89. The highest BCUT2D eigenvalue weighted by atomic mass is 19.1. The molecule has 1 aromatic heterocycles. The van der Waals surface area contributed by atoms with Crippen LogP contribution in [0.15, 0.2) is 59.4 Å². The first kappa shape index (κ1) is 24.3. The van der Waals surface area contributed by atoms with Crippen molar-refractivity contribution >= 4 is 11.7 Å². The molecule has 35 heavy (non-hydrogen) atoms. The van der Waals surface area contributed by atoms with Gasteiger partial charge in [-0.15, -0.1) is 5.10 Å². The topological polar surface area (TPSA) is 85.7 Å². The molecular formula is C26H29FN4O4. The summed E-state index contributed by atoms with van der Waals surface area (Å²) >= 11 is 0. The van der Waals surface area contributed by atoms with Crippen molar-refractivity contribution < 1.29 is 18.7 Å². The maximum absolute atomic E-state index is 13.3. The molecule has 2 aromatic carbocycles. The number of nitrogens with one attached hydrogen (secondary N) is 1. The first-order valence-electron chi connectivity index (χ1n) is 11.7. The van der Waals surface area contributed by atoms with E-state index in [2.05, 4.69) is 10.4 Å². The molecule has 1 amide bonds. The van der Waals surface area contributed by atoms with Crippen LogP contribution >= 0.6 is 0 Å². The second-order valence-electron chi connectivity index (χ2n) is 8.34. The number of anilines is 1. The number of nitrogens with zero attached hydrogens (tertiary/aromatic N) is 3. The largest absolute Gasteiger partial charge is 0.493 e. The molecule has 1 saturated heterocycles. The smallest absolute Gasteiger partial charge is 0.271 e. The van der Waals surface area contributed by atoms with Crippen LogP contribution in [0.1, 0.15) is 25.3 Å². The standard InChI is InChI=1S/C26H29FN4O4/c1-3-35-22-11-6-18(15-23(22)34-2)16-28-26(33)19-5-4-14-30(17-19)24-12-13-25(32)31(29-24)21-9-7-20(27)8-10-21/h6-13,15,19H,3-5,14,16-17H2,1-2H3,(H,28,33)/t19-/m0/s1. The number of halogens is 1. The van der Waals surface area contributed by atoms with Crippen LogP contribution in [0.2, 0.25) is 0 Å². The number of carbonyl (C=O) groups excluding carboxylic acids is 1. The van der Waals surface area contributed by atoms with Crippen molar-refractivity contribution in [2.45, 2.75) is 26.3 Å². The van der Waals surface area contributed by atoms with Gasteiger partial charge in [0, 0.05) is 25.7 Å². The molecule has 0 bridgehead atoms. The summed E-state index contributed by atoms with van der Waals surface area (Å²) in [5.41, 5.74) is 1.09. The van der Waals surface area contributed by atoms with Crippen molar-refractivity contribution in [2.75, 3.05) is 31.7 Å². The first-order chi connectivity index (χ1) is 17.0. The molecule has 8 nitrogen and oxygen atoms in total. The maximum atomic E-state index is 13.3. The molecule has 1 N–H and O–H groups in total. The number of carbonyl (C=O) groups is 1. The lowest BCUT2D eigenvalue weighted by atomic mass is 9.97. The Morgan fingerprint density at radius 1 is 1.14 bits per heavy atom. The number of ether oxygens (including phenoxy) is 2. The summed E-state index contributed by atoms with van der Waals surface area (Å²) in [7, 11) is 1.59. The second kappa shape index (κ2) is 11.0. The van der Waals surface area contributed by atoms with Gasteiger partial charge in [-0.25, -0.2) is 4.39 Å². The van der Waals surface area contributed by atoms with Crippen LogP contribution in [0.5, 0.6) is 11.5 Å². The number of benzene rings is 2. The van der Waals surface area contributed by atoms with Gasteiger partial charge in [0.05, 0.1) is 25.3 Å². The van der Waals surface area contributed by atoms with E-state index in [0.29, 0.717) is 42.7 Å². The number of rotatable bonds is 8. The molecule has 4 rings (SSSR count). The van der Waals surface area contributed by atoms with Gasteiger partial charge in [0.1, 0.15) is 11.6 Å². The molecule has 1 atom stereocenters. The van der Waals surface area contributed by atoms with Gasteiger partial charge in [-0.3, -0.25) is 9.59 Å². The van der Waals surface area contributed by atoms with Gasteiger partial charge < -0.3 is 19.7 Å². The summed E-state index contributed by atoms with van der Waals surface area (Å²) in [4.78, 5) is 27.3. The van der Waals surface area contributed by atoms with Gasteiger partial charge in [0.2, 0.25) is 5.91 Å². The predicted octanol–water partition coefficient (Wildman–Crippen LogP) is 3.31. The molecule has 1 aliphatic heterocycles. The lowest BCUT2D eigenvalue weighted by Gasteiger charge is -2.33. The maximum Gasteiger partial charge on any atom is 0.271 e. The van der Waals surface area contributed by atoms with Gasteiger partial charge in [0.15, 0.2) is 11.5 Å². The summed E-state index contributed by atoms with van der Waals surface area (Å²) in [6.07, 6.45) is 1.60. The molecule has 2 heterocycles. The zero-order chi connectivity index (χ0) is 24.8. The molecule has 3 aromatic rings. The van der Waals surface area contributed by atoms with Crippen molar-refractivity contribution in [3.63, 3.8) is 0 Å². The molecule has 1 aliphatic rings. The van der Waals surface area contributed by atoms with Crippen LogP contribution in [-0.4, -0.2) is 42.5 Å². The SMILES string of the molecule is CCOc1ccc(CNC(=O)[C@H]2CCCN(c3ccc(=O)n(-c4ccc(F)cc4)n3)C2)cc1OC. The van der Waals surface area contributed by atoms with Gasteiger partial charge in [-0.1, -0.05) is 6.07 Å². The third-order valence-electron chi connectivity index (χ3n) is 5.97. The van der Waals surface area contributed by atoms with Crippen molar-refractivity contribution in [1.29, 1.82) is 0 Å². The Balaban J connectivity index is 1.42. The molecule has 0 aliphatic carbocycles. The van der Waals surface area contributed by atoms with E-state index in [1.165, 1.54) is 35.0 Å². The molecule has 0 radical (unpaired) electrons. The molecule has 184 valence electrons. The Kier molecular flexibility index (Phi) is 7.64. The molecule has 0 saturated carbocycles. The summed E-state index contributed by atoms with van der Waals surface area (Å²) < 4.78 is 25.5. The molecule has 9 heteroatoms. The minimum Gasteiger partial charge on any atom is -0.493 e. The number of aromatic nitrogens is 2. The zero-order valence-corrected chi connectivity index (χ0v) is 19.9. The Labute approximate surface area is 203 Å². The molecule has 0 spiro atoms. The van der Waals surface area contributed by atoms with Crippen LogP contribution in [0, 0.1) is 11.7 Å². The van der Waals surface area contributed by atoms with Crippen molar-refractivity contribution in [2.24, 2.45) is 5.92 Å². The van der Waals surface area contributed by atoms with Crippen molar-refractivity contribution in [3.8, 4) is 17.2 Å². The highest BCUT2D eigenvalue weighted by Gasteiger charge is 2.27. The van der Waals surface area contributed by atoms with Crippen LogP contribution in [0.25, 0.3) is 5.69 Å². The Morgan fingerprint density at radius 2 is 1.94 bits per heavy atom. The first-order valence-corrected chi connectivity index (χ1v) is 11.7. The number of methoxy groups -OCH3 is 1. The second-order valence-corrected chi connectivity index (χ2v) is 8.34. The highest BCUT2D eigenvalue weighted by molar-refractivity contribution is 5.79. The lowest BCUT2D eigenvalue weighted by molar-refractivity contribution is -0.125. The molecule has 0 unspecified atom stereocenters.